The molecule has 268 valence electrons. The van der Waals surface area contributed by atoms with E-state index in [2.05, 4.69) is 30.7 Å². The Morgan fingerprint density at radius 3 is 1.41 bits per heavy atom. The summed E-state index contributed by atoms with van der Waals surface area (Å²) in [6.07, 6.45) is 2.22. The first-order valence-corrected chi connectivity index (χ1v) is 16.0. The fourth-order valence-electron chi connectivity index (χ4n) is 4.59. The fourth-order valence-corrected chi connectivity index (χ4v) is 4.59. The Morgan fingerprint density at radius 2 is 1.00 bits per heavy atom. The van der Waals surface area contributed by atoms with Gasteiger partial charge in [-0.25, -0.2) is 9.59 Å². The van der Waals surface area contributed by atoms with E-state index in [0.29, 0.717) is 56.6 Å². The first-order valence-electron chi connectivity index (χ1n) is 16.0. The number of esters is 2. The standard InChI is InChI=1S/C34H47N5O10/c1-39(18-16-36-30(43)8-5-10-32(45)38-22-24-12-14-26(28(41)20-24)34(47)49-3)17-6-15-35-29(42)7-4-9-31(44)37-21-23-11-13-25(27(40)19-23)33(46)48-2/h11-14,19-20,40-41H,4-10,15-18,21-22H2,1-3H3,(H,35,42)(H,36,43)(H,37,44)(H,38,45). The highest BCUT2D eigenvalue weighted by Crippen LogP contribution is 2.20. The summed E-state index contributed by atoms with van der Waals surface area (Å²) in [7, 11) is 4.35. The number of nitrogens with zero attached hydrogens (tertiary/aromatic N) is 1. The molecule has 0 bridgehead atoms. The van der Waals surface area contributed by atoms with E-state index in [9.17, 15) is 39.0 Å². The molecule has 0 saturated carbocycles. The van der Waals surface area contributed by atoms with Crippen molar-refractivity contribution in [1.29, 1.82) is 0 Å². The minimum absolute atomic E-state index is 0.0388. The molecule has 4 amide bonds. The van der Waals surface area contributed by atoms with Crippen molar-refractivity contribution in [3.63, 3.8) is 0 Å². The first kappa shape index (κ1) is 40.0. The lowest BCUT2D eigenvalue weighted by Gasteiger charge is -2.17. The van der Waals surface area contributed by atoms with Crippen LogP contribution in [0.1, 0.15) is 76.8 Å². The van der Waals surface area contributed by atoms with Crippen LogP contribution in [0.2, 0.25) is 0 Å². The number of amides is 4. The summed E-state index contributed by atoms with van der Waals surface area (Å²) in [6, 6.07) is 8.83. The van der Waals surface area contributed by atoms with Crippen LogP contribution >= 0.6 is 0 Å². The summed E-state index contributed by atoms with van der Waals surface area (Å²) in [6.45, 7) is 2.59. The second-order valence-corrected chi connectivity index (χ2v) is 11.3. The van der Waals surface area contributed by atoms with Gasteiger partial charge in [-0.3, -0.25) is 19.2 Å². The molecule has 0 heterocycles. The molecule has 2 aromatic rings. The summed E-state index contributed by atoms with van der Waals surface area (Å²) >= 11 is 0. The Labute approximate surface area is 285 Å². The zero-order chi connectivity index (χ0) is 36.2. The molecule has 6 N–H and O–H groups in total. The van der Waals surface area contributed by atoms with E-state index in [4.69, 9.17) is 0 Å². The Hall–Kier alpha value is -5.18. The number of rotatable bonds is 21. The molecule has 49 heavy (non-hydrogen) atoms. The molecule has 0 saturated heterocycles. The molecular weight excluding hydrogens is 638 g/mol. The van der Waals surface area contributed by atoms with E-state index in [1.807, 2.05) is 11.9 Å². The average molecular weight is 686 g/mol. The van der Waals surface area contributed by atoms with Gasteiger partial charge < -0.3 is 45.9 Å². The van der Waals surface area contributed by atoms with Crippen LogP contribution in [0.3, 0.4) is 0 Å². The normalized spacial score (nSPS) is 10.6. The van der Waals surface area contributed by atoms with Crippen molar-refractivity contribution < 1.29 is 48.5 Å². The van der Waals surface area contributed by atoms with Gasteiger partial charge in [0.15, 0.2) is 0 Å². The lowest BCUT2D eigenvalue weighted by Crippen LogP contribution is -2.34. The van der Waals surface area contributed by atoms with Gasteiger partial charge in [-0.1, -0.05) is 12.1 Å². The minimum Gasteiger partial charge on any atom is -0.507 e. The lowest BCUT2D eigenvalue weighted by atomic mass is 10.1. The predicted molar refractivity (Wildman–Crippen MR) is 178 cm³/mol. The molecule has 0 aromatic heterocycles. The third-order valence-corrected chi connectivity index (χ3v) is 7.38. The Kier molecular flexibility index (Phi) is 17.7. The van der Waals surface area contributed by atoms with Crippen LogP contribution in [0.4, 0.5) is 0 Å². The average Bonchev–Trinajstić information content (AvgIpc) is 3.07. The van der Waals surface area contributed by atoms with Gasteiger partial charge in [-0.2, -0.15) is 0 Å². The molecule has 0 atom stereocenters. The van der Waals surface area contributed by atoms with E-state index in [1.165, 1.54) is 38.5 Å². The van der Waals surface area contributed by atoms with Crippen LogP contribution in [-0.2, 0) is 41.7 Å². The Bertz CT molecular complexity index is 1450. The summed E-state index contributed by atoms with van der Waals surface area (Å²) < 4.78 is 9.17. The van der Waals surface area contributed by atoms with E-state index in [0.717, 1.165) is 0 Å². The maximum atomic E-state index is 12.1. The number of methoxy groups -OCH3 is 2. The molecule has 2 aromatic carbocycles. The monoisotopic (exact) mass is 685 g/mol. The van der Waals surface area contributed by atoms with Gasteiger partial charge in [0.1, 0.15) is 22.6 Å². The van der Waals surface area contributed by atoms with Crippen molar-refractivity contribution in [3.8, 4) is 11.5 Å². The molecular formula is C34H47N5O10. The highest BCUT2D eigenvalue weighted by Gasteiger charge is 2.14. The number of nitrogens with one attached hydrogen (secondary N) is 4. The smallest absolute Gasteiger partial charge is 0.341 e. The second kappa shape index (κ2) is 21.6. The van der Waals surface area contributed by atoms with Crippen molar-refractivity contribution in [3.05, 3.63) is 58.7 Å². The number of benzene rings is 2. The molecule has 2 rings (SSSR count). The molecule has 0 spiro atoms. The molecule has 0 aliphatic heterocycles. The van der Waals surface area contributed by atoms with Gasteiger partial charge in [0.25, 0.3) is 0 Å². The first-order chi connectivity index (χ1) is 23.4. The molecule has 0 unspecified atom stereocenters. The highest BCUT2D eigenvalue weighted by atomic mass is 16.5. The summed E-state index contributed by atoms with van der Waals surface area (Å²) in [4.78, 5) is 73.6. The molecule has 15 nitrogen and oxygen atoms in total. The Morgan fingerprint density at radius 1 is 0.592 bits per heavy atom. The number of hydrogen-bond acceptors (Lipinski definition) is 11. The van der Waals surface area contributed by atoms with E-state index in [1.54, 1.807) is 12.1 Å². The van der Waals surface area contributed by atoms with Crippen LogP contribution in [0.15, 0.2) is 36.4 Å². The van der Waals surface area contributed by atoms with Crippen molar-refractivity contribution >= 4 is 35.6 Å². The quantitative estimate of drug-likeness (QED) is 0.0819. The number of ether oxygens (including phenoxy) is 2. The van der Waals surface area contributed by atoms with E-state index in [-0.39, 0.29) is 85.0 Å². The summed E-state index contributed by atoms with van der Waals surface area (Å²) in [5, 5.41) is 31.0. The SMILES string of the molecule is COC(=O)c1ccc(CNC(=O)CCCC(=O)NCCCN(C)CCNC(=O)CCCC(=O)NCc2ccc(C(=O)OC)c(O)c2)cc1O. The molecule has 0 aliphatic rings. The van der Waals surface area contributed by atoms with Crippen LogP contribution < -0.4 is 21.3 Å². The maximum absolute atomic E-state index is 12.1. The van der Waals surface area contributed by atoms with Gasteiger partial charge in [0.05, 0.1) is 14.2 Å². The lowest BCUT2D eigenvalue weighted by molar-refractivity contribution is -0.124. The third-order valence-electron chi connectivity index (χ3n) is 7.38. The number of hydrogen-bond donors (Lipinski definition) is 6. The van der Waals surface area contributed by atoms with Crippen LogP contribution in [0.25, 0.3) is 0 Å². The van der Waals surface area contributed by atoms with Gasteiger partial charge in [-0.05, 0) is 68.2 Å². The third kappa shape index (κ3) is 15.5. The largest absolute Gasteiger partial charge is 0.507 e. The number of likely N-dealkylation sites (N-methyl/N-ethyl adjacent to an activating group) is 1. The molecule has 0 fully saturated rings. The zero-order valence-corrected chi connectivity index (χ0v) is 28.3. The van der Waals surface area contributed by atoms with Crippen molar-refractivity contribution in [1.82, 2.24) is 26.2 Å². The number of phenolic OH excluding ortho intramolecular Hbond substituents is 2. The summed E-state index contributed by atoms with van der Waals surface area (Å²) in [5.74, 6) is -2.54. The van der Waals surface area contributed by atoms with Crippen LogP contribution in [0.5, 0.6) is 11.5 Å². The van der Waals surface area contributed by atoms with Crippen molar-refractivity contribution in [2.24, 2.45) is 0 Å². The van der Waals surface area contributed by atoms with Gasteiger partial charge >= 0.3 is 11.9 Å². The van der Waals surface area contributed by atoms with Crippen molar-refractivity contribution in [2.45, 2.75) is 58.0 Å². The van der Waals surface area contributed by atoms with Gasteiger partial charge in [0, 0.05) is 58.4 Å². The highest BCUT2D eigenvalue weighted by molar-refractivity contribution is 5.93. The molecule has 0 radical (unpaired) electrons. The van der Waals surface area contributed by atoms with E-state index >= 15 is 0 Å². The topological polar surface area (TPSA) is 213 Å². The van der Waals surface area contributed by atoms with Crippen LogP contribution in [-0.4, -0.2) is 98.1 Å². The number of carbonyl (C=O) groups excluding carboxylic acids is 6. The number of phenols is 2. The Balaban J connectivity index is 1.47. The van der Waals surface area contributed by atoms with Crippen LogP contribution in [0, 0.1) is 0 Å². The predicted octanol–water partition coefficient (Wildman–Crippen LogP) is 1.50. The summed E-state index contributed by atoms with van der Waals surface area (Å²) in [5.41, 5.74) is 1.31. The second-order valence-electron chi connectivity index (χ2n) is 11.3. The minimum atomic E-state index is -0.654. The van der Waals surface area contributed by atoms with Gasteiger partial charge in [0.2, 0.25) is 23.6 Å². The van der Waals surface area contributed by atoms with Crippen molar-refractivity contribution in [2.75, 3.05) is 47.4 Å². The maximum Gasteiger partial charge on any atom is 0.341 e. The number of aromatic hydroxyl groups is 2. The molecule has 0 aliphatic carbocycles. The fraction of sp³-hybridized carbons (Fsp3) is 0.471. The molecule has 15 heteroatoms. The number of carbonyl (C=O) groups is 6. The van der Waals surface area contributed by atoms with E-state index < -0.39 is 11.9 Å². The van der Waals surface area contributed by atoms with Gasteiger partial charge in [-0.15, -0.1) is 0 Å². The zero-order valence-electron chi connectivity index (χ0n) is 28.3.